The van der Waals surface area contributed by atoms with Gasteiger partial charge in [-0.2, -0.15) is 0 Å². The van der Waals surface area contributed by atoms with E-state index in [2.05, 4.69) is 61.3 Å². The molecule has 1 aromatic rings. The number of piperidine rings is 1. The zero-order valence-electron chi connectivity index (χ0n) is 13.3. The molecule has 2 nitrogen and oxygen atoms in total. The topological polar surface area (TPSA) is 15.3 Å². The van der Waals surface area contributed by atoms with E-state index in [1.807, 2.05) is 0 Å². The third-order valence-corrected chi connectivity index (χ3v) is 4.38. The Labute approximate surface area is 124 Å². The van der Waals surface area contributed by atoms with Gasteiger partial charge in [0.15, 0.2) is 0 Å². The summed E-state index contributed by atoms with van der Waals surface area (Å²) in [5, 5.41) is 3.57. The van der Waals surface area contributed by atoms with Gasteiger partial charge in [-0.3, -0.25) is 4.90 Å². The molecule has 1 aromatic carbocycles. The number of hydrogen-bond donors (Lipinski definition) is 1. The average Bonchev–Trinajstić information content (AvgIpc) is 2.49. The van der Waals surface area contributed by atoms with E-state index in [-0.39, 0.29) is 0 Å². The van der Waals surface area contributed by atoms with Crippen molar-refractivity contribution in [1.29, 1.82) is 0 Å². The van der Waals surface area contributed by atoms with Crippen LogP contribution in [0, 0.1) is 5.92 Å². The van der Waals surface area contributed by atoms with Crippen molar-refractivity contribution in [2.24, 2.45) is 5.92 Å². The molecule has 112 valence electrons. The Morgan fingerprint density at radius 1 is 1.25 bits per heavy atom. The predicted molar refractivity (Wildman–Crippen MR) is 86.9 cm³/mol. The van der Waals surface area contributed by atoms with Crippen LogP contribution in [-0.4, -0.2) is 30.6 Å². The molecule has 20 heavy (non-hydrogen) atoms. The molecular weight excluding hydrogens is 244 g/mol. The van der Waals surface area contributed by atoms with Gasteiger partial charge in [0, 0.05) is 18.6 Å². The predicted octanol–water partition coefficient (Wildman–Crippen LogP) is 3.85. The Balaban J connectivity index is 2.18. The molecule has 0 amide bonds. The lowest BCUT2D eigenvalue weighted by Gasteiger charge is -2.40. The second-order valence-electron chi connectivity index (χ2n) is 6.39. The number of benzene rings is 1. The molecule has 1 saturated heterocycles. The van der Waals surface area contributed by atoms with Gasteiger partial charge in [-0.05, 0) is 43.8 Å². The molecule has 0 bridgehead atoms. The average molecular weight is 274 g/mol. The van der Waals surface area contributed by atoms with Gasteiger partial charge in [0.2, 0.25) is 0 Å². The fourth-order valence-electron chi connectivity index (χ4n) is 3.43. The van der Waals surface area contributed by atoms with Crippen molar-refractivity contribution in [2.75, 3.05) is 19.6 Å². The summed E-state index contributed by atoms with van der Waals surface area (Å²) in [6.45, 7) is 10.5. The molecule has 0 aliphatic carbocycles. The summed E-state index contributed by atoms with van der Waals surface area (Å²) < 4.78 is 0. The Kier molecular flexibility index (Phi) is 6.06. The monoisotopic (exact) mass is 274 g/mol. The summed E-state index contributed by atoms with van der Waals surface area (Å²) >= 11 is 0. The lowest BCUT2D eigenvalue weighted by molar-refractivity contribution is 0.104. The minimum absolute atomic E-state index is 0.561. The highest BCUT2D eigenvalue weighted by molar-refractivity contribution is 5.19. The van der Waals surface area contributed by atoms with Crippen LogP contribution in [0.25, 0.3) is 0 Å². The minimum atomic E-state index is 0.561. The van der Waals surface area contributed by atoms with E-state index >= 15 is 0 Å². The van der Waals surface area contributed by atoms with Crippen LogP contribution in [0.1, 0.15) is 51.6 Å². The molecular formula is C18H30N2. The summed E-state index contributed by atoms with van der Waals surface area (Å²) in [6, 6.07) is 12.3. The van der Waals surface area contributed by atoms with E-state index in [9.17, 15) is 0 Å². The Bertz CT molecular complexity index is 368. The van der Waals surface area contributed by atoms with Crippen molar-refractivity contribution in [3.8, 4) is 0 Å². The molecule has 0 saturated carbocycles. The van der Waals surface area contributed by atoms with Gasteiger partial charge in [-0.1, -0.05) is 51.1 Å². The number of rotatable bonds is 6. The molecule has 1 heterocycles. The normalized spacial score (nSPS) is 21.4. The molecule has 1 aliphatic heterocycles. The maximum Gasteiger partial charge on any atom is 0.0353 e. The van der Waals surface area contributed by atoms with Crippen molar-refractivity contribution in [1.82, 2.24) is 10.2 Å². The zero-order chi connectivity index (χ0) is 14.4. The van der Waals surface area contributed by atoms with E-state index in [1.165, 1.54) is 31.4 Å². The van der Waals surface area contributed by atoms with E-state index in [0.717, 1.165) is 19.0 Å². The second-order valence-corrected chi connectivity index (χ2v) is 6.39. The van der Waals surface area contributed by atoms with Crippen molar-refractivity contribution in [3.05, 3.63) is 35.9 Å². The molecule has 2 atom stereocenters. The van der Waals surface area contributed by atoms with E-state index in [1.54, 1.807) is 0 Å². The van der Waals surface area contributed by atoms with Gasteiger partial charge in [0.25, 0.3) is 0 Å². The van der Waals surface area contributed by atoms with Crippen molar-refractivity contribution >= 4 is 0 Å². The standard InChI is InChI=1S/C18H30N2/c1-4-20(17-11-8-12-19-14-17)18(13-15(2)3)16-9-6-5-7-10-16/h5-7,9-10,15,17-19H,4,8,11-14H2,1-3H3. The van der Waals surface area contributed by atoms with E-state index in [0.29, 0.717) is 12.1 Å². The van der Waals surface area contributed by atoms with Crippen LogP contribution < -0.4 is 5.32 Å². The van der Waals surface area contributed by atoms with Gasteiger partial charge < -0.3 is 5.32 Å². The van der Waals surface area contributed by atoms with Crippen molar-refractivity contribution in [3.63, 3.8) is 0 Å². The number of likely N-dealkylation sites (N-methyl/N-ethyl adjacent to an activating group) is 1. The van der Waals surface area contributed by atoms with Gasteiger partial charge in [0.05, 0.1) is 0 Å². The van der Waals surface area contributed by atoms with Crippen LogP contribution in [0.15, 0.2) is 30.3 Å². The molecule has 0 radical (unpaired) electrons. The fraction of sp³-hybridized carbons (Fsp3) is 0.667. The highest BCUT2D eigenvalue weighted by Crippen LogP contribution is 2.30. The van der Waals surface area contributed by atoms with Crippen LogP contribution in [-0.2, 0) is 0 Å². The molecule has 0 spiro atoms. The number of nitrogens with one attached hydrogen (secondary N) is 1. The van der Waals surface area contributed by atoms with E-state index in [4.69, 9.17) is 0 Å². The van der Waals surface area contributed by atoms with Gasteiger partial charge in [0.1, 0.15) is 0 Å². The summed E-state index contributed by atoms with van der Waals surface area (Å²) in [5.41, 5.74) is 1.48. The van der Waals surface area contributed by atoms with E-state index < -0.39 is 0 Å². The first-order valence-corrected chi connectivity index (χ1v) is 8.23. The molecule has 0 aromatic heterocycles. The molecule has 1 aliphatic rings. The minimum Gasteiger partial charge on any atom is -0.315 e. The molecule has 2 rings (SSSR count). The summed E-state index contributed by atoms with van der Waals surface area (Å²) in [4.78, 5) is 2.72. The Morgan fingerprint density at radius 3 is 2.55 bits per heavy atom. The Hall–Kier alpha value is -0.860. The highest BCUT2D eigenvalue weighted by atomic mass is 15.2. The summed E-state index contributed by atoms with van der Waals surface area (Å²) in [7, 11) is 0. The number of nitrogens with zero attached hydrogens (tertiary/aromatic N) is 1. The highest BCUT2D eigenvalue weighted by Gasteiger charge is 2.27. The summed E-state index contributed by atoms with van der Waals surface area (Å²) in [5.74, 6) is 0.728. The maximum atomic E-state index is 3.57. The first-order valence-electron chi connectivity index (χ1n) is 8.23. The Morgan fingerprint density at radius 2 is 2.00 bits per heavy atom. The SMILES string of the molecule is CCN(C1CCCNC1)C(CC(C)C)c1ccccc1. The third kappa shape index (κ3) is 4.07. The molecule has 2 unspecified atom stereocenters. The fourth-order valence-corrected chi connectivity index (χ4v) is 3.43. The van der Waals surface area contributed by atoms with Crippen LogP contribution >= 0.6 is 0 Å². The summed E-state index contributed by atoms with van der Waals surface area (Å²) in [6.07, 6.45) is 3.89. The smallest absolute Gasteiger partial charge is 0.0353 e. The lowest BCUT2D eigenvalue weighted by atomic mass is 9.93. The van der Waals surface area contributed by atoms with Gasteiger partial charge >= 0.3 is 0 Å². The molecule has 1 fully saturated rings. The molecule has 2 heteroatoms. The quantitative estimate of drug-likeness (QED) is 0.847. The largest absolute Gasteiger partial charge is 0.315 e. The first kappa shape index (κ1) is 15.5. The van der Waals surface area contributed by atoms with Gasteiger partial charge in [-0.15, -0.1) is 0 Å². The van der Waals surface area contributed by atoms with Gasteiger partial charge in [-0.25, -0.2) is 0 Å². The van der Waals surface area contributed by atoms with Crippen molar-refractivity contribution < 1.29 is 0 Å². The third-order valence-electron chi connectivity index (χ3n) is 4.38. The van der Waals surface area contributed by atoms with Crippen LogP contribution in [0.2, 0.25) is 0 Å². The molecule has 1 N–H and O–H groups in total. The maximum absolute atomic E-state index is 3.57. The lowest BCUT2D eigenvalue weighted by Crippen LogP contribution is -2.47. The second kappa shape index (κ2) is 7.80. The first-order chi connectivity index (χ1) is 9.72. The van der Waals surface area contributed by atoms with Crippen LogP contribution in [0.5, 0.6) is 0 Å². The van der Waals surface area contributed by atoms with Crippen LogP contribution in [0.4, 0.5) is 0 Å². The zero-order valence-corrected chi connectivity index (χ0v) is 13.3. The van der Waals surface area contributed by atoms with Crippen LogP contribution in [0.3, 0.4) is 0 Å². The van der Waals surface area contributed by atoms with Crippen molar-refractivity contribution in [2.45, 2.75) is 52.1 Å². The number of hydrogen-bond acceptors (Lipinski definition) is 2.